The van der Waals surface area contributed by atoms with Gasteiger partial charge in [-0.1, -0.05) is 30.3 Å². The van der Waals surface area contributed by atoms with E-state index in [1.807, 2.05) is 39.9 Å². The maximum Gasteiger partial charge on any atom is 0.273 e. The predicted molar refractivity (Wildman–Crippen MR) is 118 cm³/mol. The van der Waals surface area contributed by atoms with Crippen molar-refractivity contribution >= 4 is 28.6 Å². The van der Waals surface area contributed by atoms with Gasteiger partial charge in [0.25, 0.3) is 5.91 Å². The first kappa shape index (κ1) is 20.2. The third-order valence-corrected chi connectivity index (χ3v) is 6.68. The van der Waals surface area contributed by atoms with E-state index in [-0.39, 0.29) is 11.9 Å². The van der Waals surface area contributed by atoms with Gasteiger partial charge in [0.2, 0.25) is 0 Å². The lowest BCUT2D eigenvalue weighted by Crippen LogP contribution is -2.48. The Balaban J connectivity index is 1.54. The lowest BCUT2D eigenvalue weighted by Gasteiger charge is -2.35. The van der Waals surface area contributed by atoms with E-state index in [1.165, 1.54) is 11.3 Å². The van der Waals surface area contributed by atoms with Crippen molar-refractivity contribution in [1.29, 1.82) is 0 Å². The Morgan fingerprint density at radius 1 is 1.21 bits per heavy atom. The van der Waals surface area contributed by atoms with Gasteiger partial charge in [0.15, 0.2) is 0 Å². The van der Waals surface area contributed by atoms with Crippen LogP contribution in [0.15, 0.2) is 52.5 Å². The van der Waals surface area contributed by atoms with Crippen molar-refractivity contribution < 1.29 is 9.53 Å². The summed E-state index contributed by atoms with van der Waals surface area (Å²) in [5, 5.41) is 6.88. The summed E-state index contributed by atoms with van der Waals surface area (Å²) >= 11 is 3.17. The molecule has 7 heteroatoms. The maximum absolute atomic E-state index is 13.4. The molecule has 0 radical (unpaired) electrons. The lowest BCUT2D eigenvalue weighted by molar-refractivity contribution is 0.0227. The fraction of sp³-hybridized carbons (Fsp3) is 0.364. The van der Waals surface area contributed by atoms with Gasteiger partial charge in [0.1, 0.15) is 10.7 Å². The fourth-order valence-electron chi connectivity index (χ4n) is 3.50. The molecule has 29 heavy (non-hydrogen) atoms. The molecule has 1 saturated heterocycles. The molecule has 152 valence electrons. The van der Waals surface area contributed by atoms with Gasteiger partial charge in [0, 0.05) is 48.5 Å². The van der Waals surface area contributed by atoms with Gasteiger partial charge in [-0.15, -0.1) is 11.3 Å². The first-order chi connectivity index (χ1) is 14.2. The molecular formula is C22H25N3O2S2. The molecule has 0 spiro atoms. The number of rotatable bonds is 7. The second-order valence-electron chi connectivity index (χ2n) is 7.23. The molecule has 4 rings (SSSR count). The van der Waals surface area contributed by atoms with Crippen LogP contribution in [0, 0.1) is 0 Å². The van der Waals surface area contributed by atoms with Crippen molar-refractivity contribution in [3.8, 4) is 10.6 Å². The summed E-state index contributed by atoms with van der Waals surface area (Å²) in [6, 6.07) is 12.3. The molecule has 1 fully saturated rings. The largest absolute Gasteiger partial charge is 0.379 e. The molecule has 0 N–H and O–H groups in total. The number of benzene rings is 1. The highest BCUT2D eigenvalue weighted by atomic mass is 32.1. The monoisotopic (exact) mass is 427 g/mol. The standard InChI is InChI=1S/C22H25N3O2S2/c1-17(13-24-8-10-27-11-9-24)25(14-18-5-3-2-4-6-18)22(26)20-16-29-21(23-20)19-7-12-28-15-19/h2-7,12,15-17H,8-11,13-14H2,1H3. The van der Waals surface area contributed by atoms with E-state index >= 15 is 0 Å². The van der Waals surface area contributed by atoms with Crippen LogP contribution in [0.4, 0.5) is 0 Å². The Bertz CT molecular complexity index is 905. The van der Waals surface area contributed by atoms with Gasteiger partial charge < -0.3 is 9.64 Å². The highest BCUT2D eigenvalue weighted by Gasteiger charge is 2.26. The van der Waals surface area contributed by atoms with E-state index in [0.717, 1.165) is 49.0 Å². The summed E-state index contributed by atoms with van der Waals surface area (Å²) in [4.78, 5) is 22.4. The van der Waals surface area contributed by atoms with Gasteiger partial charge >= 0.3 is 0 Å². The molecule has 5 nitrogen and oxygen atoms in total. The highest BCUT2D eigenvalue weighted by molar-refractivity contribution is 7.14. The topological polar surface area (TPSA) is 45.7 Å². The molecule has 1 aliphatic rings. The van der Waals surface area contributed by atoms with Crippen molar-refractivity contribution in [2.45, 2.75) is 19.5 Å². The molecule has 0 bridgehead atoms. The second-order valence-corrected chi connectivity index (χ2v) is 8.87. The van der Waals surface area contributed by atoms with Crippen molar-refractivity contribution in [3.05, 3.63) is 63.8 Å². The molecule has 3 aromatic rings. The van der Waals surface area contributed by atoms with Crippen LogP contribution in [0.5, 0.6) is 0 Å². The minimum atomic E-state index is -0.00709. The van der Waals surface area contributed by atoms with Crippen LogP contribution in [-0.4, -0.2) is 59.6 Å². The van der Waals surface area contributed by atoms with E-state index in [1.54, 1.807) is 11.3 Å². The van der Waals surface area contributed by atoms with Gasteiger partial charge in [-0.2, -0.15) is 11.3 Å². The number of carbonyl (C=O) groups is 1. The minimum absolute atomic E-state index is 0.00709. The average Bonchev–Trinajstić information content (AvgIpc) is 3.45. The fourth-order valence-corrected chi connectivity index (χ4v) is 5.01. The van der Waals surface area contributed by atoms with E-state index in [4.69, 9.17) is 4.74 Å². The van der Waals surface area contributed by atoms with Crippen LogP contribution < -0.4 is 0 Å². The zero-order valence-electron chi connectivity index (χ0n) is 16.5. The van der Waals surface area contributed by atoms with Crippen LogP contribution >= 0.6 is 22.7 Å². The van der Waals surface area contributed by atoms with Crippen molar-refractivity contribution in [2.24, 2.45) is 0 Å². The molecule has 2 aromatic heterocycles. The first-order valence-electron chi connectivity index (χ1n) is 9.84. The quantitative estimate of drug-likeness (QED) is 0.566. The number of aromatic nitrogens is 1. The number of morpholine rings is 1. The summed E-state index contributed by atoms with van der Waals surface area (Å²) in [6.07, 6.45) is 0. The van der Waals surface area contributed by atoms with E-state index < -0.39 is 0 Å². The lowest BCUT2D eigenvalue weighted by atomic mass is 10.1. The van der Waals surface area contributed by atoms with Crippen LogP contribution in [0.1, 0.15) is 23.0 Å². The molecule has 1 unspecified atom stereocenters. The predicted octanol–water partition coefficient (Wildman–Crippen LogP) is 4.23. The third-order valence-electron chi connectivity index (χ3n) is 5.11. The molecule has 0 saturated carbocycles. The SMILES string of the molecule is CC(CN1CCOCC1)N(Cc1ccccc1)C(=O)c1csc(-c2ccsc2)n1. The number of thiazole rings is 1. The average molecular weight is 428 g/mol. The summed E-state index contributed by atoms with van der Waals surface area (Å²) < 4.78 is 5.46. The van der Waals surface area contributed by atoms with Gasteiger partial charge in [-0.3, -0.25) is 9.69 Å². The Kier molecular flexibility index (Phi) is 6.71. The molecule has 1 aliphatic heterocycles. The summed E-state index contributed by atoms with van der Waals surface area (Å²) in [5.41, 5.74) is 2.74. The van der Waals surface area contributed by atoms with Crippen LogP contribution in [0.25, 0.3) is 10.6 Å². The molecule has 1 amide bonds. The number of amides is 1. The highest BCUT2D eigenvalue weighted by Crippen LogP contribution is 2.27. The molecule has 1 atom stereocenters. The molecule has 3 heterocycles. The summed E-state index contributed by atoms with van der Waals surface area (Å²) in [5.74, 6) is -0.00709. The number of ether oxygens (including phenoxy) is 1. The normalized spacial score (nSPS) is 15.9. The summed E-state index contributed by atoms with van der Waals surface area (Å²) in [7, 11) is 0. The van der Waals surface area contributed by atoms with Gasteiger partial charge in [-0.25, -0.2) is 4.98 Å². The second kappa shape index (κ2) is 9.63. The maximum atomic E-state index is 13.4. The van der Waals surface area contributed by atoms with Crippen molar-refractivity contribution in [1.82, 2.24) is 14.8 Å². The Hall–Kier alpha value is -2.06. The number of nitrogens with zero attached hydrogens (tertiary/aromatic N) is 3. The third kappa shape index (κ3) is 5.11. The summed E-state index contributed by atoms with van der Waals surface area (Å²) in [6.45, 7) is 6.89. The van der Waals surface area contributed by atoms with E-state index in [2.05, 4.69) is 34.3 Å². The van der Waals surface area contributed by atoms with Gasteiger partial charge in [0.05, 0.1) is 13.2 Å². The van der Waals surface area contributed by atoms with Crippen molar-refractivity contribution in [3.63, 3.8) is 0 Å². The molecular weight excluding hydrogens is 402 g/mol. The van der Waals surface area contributed by atoms with Gasteiger partial charge in [-0.05, 0) is 23.9 Å². The molecule has 1 aromatic carbocycles. The van der Waals surface area contributed by atoms with Crippen LogP contribution in [-0.2, 0) is 11.3 Å². The number of hydrogen-bond acceptors (Lipinski definition) is 6. The zero-order valence-corrected chi connectivity index (χ0v) is 18.1. The smallest absolute Gasteiger partial charge is 0.273 e. The number of hydrogen-bond donors (Lipinski definition) is 0. The van der Waals surface area contributed by atoms with Crippen molar-refractivity contribution in [2.75, 3.05) is 32.8 Å². The number of carbonyl (C=O) groups excluding carboxylic acids is 1. The van der Waals surface area contributed by atoms with E-state index in [9.17, 15) is 4.79 Å². The minimum Gasteiger partial charge on any atom is -0.379 e. The molecule has 0 aliphatic carbocycles. The Labute approximate surface area is 179 Å². The van der Waals surface area contributed by atoms with Crippen LogP contribution in [0.3, 0.4) is 0 Å². The van der Waals surface area contributed by atoms with Crippen LogP contribution in [0.2, 0.25) is 0 Å². The Morgan fingerprint density at radius 2 is 2.00 bits per heavy atom. The Morgan fingerprint density at radius 3 is 2.72 bits per heavy atom. The first-order valence-corrected chi connectivity index (χ1v) is 11.7. The van der Waals surface area contributed by atoms with E-state index in [0.29, 0.717) is 12.2 Å². The zero-order chi connectivity index (χ0) is 20.1. The number of thiophene rings is 1.